The van der Waals surface area contributed by atoms with Crippen LogP contribution in [-0.4, -0.2) is 26.4 Å². The van der Waals surface area contributed by atoms with Crippen LogP contribution in [0.25, 0.3) is 5.52 Å². The lowest BCUT2D eigenvalue weighted by Gasteiger charge is -2.27. The van der Waals surface area contributed by atoms with Crippen molar-refractivity contribution in [3.63, 3.8) is 0 Å². The van der Waals surface area contributed by atoms with E-state index in [0.29, 0.717) is 17.9 Å². The summed E-state index contributed by atoms with van der Waals surface area (Å²) in [5.41, 5.74) is 0.765. The summed E-state index contributed by atoms with van der Waals surface area (Å²) in [5, 5.41) is 14.9. The molecule has 1 amide bonds. The highest BCUT2D eigenvalue weighted by Gasteiger charge is 2.62. The molecule has 2 aliphatic rings. The molecule has 0 aliphatic heterocycles. The van der Waals surface area contributed by atoms with E-state index in [0.717, 1.165) is 23.2 Å². The van der Waals surface area contributed by atoms with Crippen LogP contribution in [0.4, 0.5) is 4.39 Å². The molecule has 0 saturated heterocycles. The van der Waals surface area contributed by atoms with Gasteiger partial charge in [0, 0.05) is 28.4 Å². The van der Waals surface area contributed by atoms with E-state index >= 15 is 0 Å². The van der Waals surface area contributed by atoms with E-state index < -0.39 is 11.4 Å². The van der Waals surface area contributed by atoms with Crippen molar-refractivity contribution in [1.29, 1.82) is 0 Å². The van der Waals surface area contributed by atoms with Crippen molar-refractivity contribution in [3.8, 4) is 0 Å². The quantitative estimate of drug-likeness (QED) is 0.678. The van der Waals surface area contributed by atoms with Gasteiger partial charge in [0.05, 0.1) is 28.7 Å². The van der Waals surface area contributed by atoms with Crippen LogP contribution in [0, 0.1) is 17.7 Å². The Bertz CT molecular complexity index is 1080. The third kappa shape index (κ3) is 2.87. The normalized spacial score (nSPS) is 28.4. The van der Waals surface area contributed by atoms with Gasteiger partial charge in [-0.15, -0.1) is 0 Å². The van der Waals surface area contributed by atoms with Gasteiger partial charge in [-0.3, -0.25) is 4.79 Å². The van der Waals surface area contributed by atoms with Crippen LogP contribution >= 0.6 is 23.2 Å². The number of halogens is 3. The topological polar surface area (TPSA) is 66.6 Å². The summed E-state index contributed by atoms with van der Waals surface area (Å²) in [6.07, 6.45) is 6.15. The average Bonchev–Trinajstić information content (AvgIpc) is 3.00. The molecule has 28 heavy (non-hydrogen) atoms. The fourth-order valence-corrected chi connectivity index (χ4v) is 5.03. The Kier molecular flexibility index (Phi) is 3.95. The Morgan fingerprint density at radius 3 is 2.68 bits per heavy atom. The second kappa shape index (κ2) is 6.17. The molecule has 5 rings (SSSR count). The van der Waals surface area contributed by atoms with Crippen molar-refractivity contribution in [1.82, 2.24) is 14.7 Å². The van der Waals surface area contributed by atoms with Crippen molar-refractivity contribution in [3.05, 3.63) is 70.0 Å². The fourth-order valence-electron chi connectivity index (χ4n) is 4.59. The summed E-state index contributed by atoms with van der Waals surface area (Å²) in [4.78, 5) is 16.6. The number of rotatable bonds is 3. The monoisotopic (exact) mass is 419 g/mol. The van der Waals surface area contributed by atoms with Crippen LogP contribution < -0.4 is 5.32 Å². The molecule has 3 aromatic rings. The molecule has 2 unspecified atom stereocenters. The second-order valence-electron chi connectivity index (χ2n) is 7.68. The Hall–Kier alpha value is -2.15. The number of nitrogens with zero attached hydrogens (tertiary/aromatic N) is 2. The lowest BCUT2D eigenvalue weighted by atomic mass is 9.88. The predicted molar refractivity (Wildman–Crippen MR) is 103 cm³/mol. The molecule has 2 aliphatic carbocycles. The highest BCUT2D eigenvalue weighted by atomic mass is 35.5. The smallest absolute Gasteiger partial charge is 0.251 e. The lowest BCUT2D eigenvalue weighted by molar-refractivity contribution is 0.0289. The maximum atomic E-state index is 13.5. The van der Waals surface area contributed by atoms with E-state index in [-0.39, 0.29) is 34.4 Å². The number of amides is 1. The third-order valence-corrected chi connectivity index (χ3v) is 6.31. The Morgan fingerprint density at radius 2 is 1.96 bits per heavy atom. The van der Waals surface area contributed by atoms with Crippen LogP contribution in [-0.2, 0) is 5.60 Å². The zero-order chi connectivity index (χ0) is 19.6. The minimum atomic E-state index is -1.01. The first-order valence-corrected chi connectivity index (χ1v) is 9.71. The molecule has 2 N–H and O–H groups in total. The van der Waals surface area contributed by atoms with Gasteiger partial charge in [-0.05, 0) is 48.9 Å². The zero-order valence-corrected chi connectivity index (χ0v) is 16.1. The summed E-state index contributed by atoms with van der Waals surface area (Å²) in [5.74, 6) is -0.570. The summed E-state index contributed by atoms with van der Waals surface area (Å²) < 4.78 is 15.3. The van der Waals surface area contributed by atoms with Crippen molar-refractivity contribution < 1.29 is 14.3 Å². The van der Waals surface area contributed by atoms with Crippen molar-refractivity contribution >= 4 is 34.6 Å². The zero-order valence-electron chi connectivity index (χ0n) is 14.6. The first kappa shape index (κ1) is 17.9. The minimum Gasteiger partial charge on any atom is -0.385 e. The summed E-state index contributed by atoms with van der Waals surface area (Å²) >= 11 is 12.0. The van der Waals surface area contributed by atoms with Crippen molar-refractivity contribution in [2.24, 2.45) is 11.8 Å². The number of carbonyl (C=O) groups is 1. The van der Waals surface area contributed by atoms with Gasteiger partial charge in [-0.1, -0.05) is 23.2 Å². The van der Waals surface area contributed by atoms with Crippen LogP contribution in [0.5, 0.6) is 0 Å². The number of fused-ring (bicyclic) bond motifs is 2. The first-order valence-electron chi connectivity index (χ1n) is 8.95. The number of nitrogens with one attached hydrogen (secondary N) is 1. The van der Waals surface area contributed by atoms with Gasteiger partial charge in [0.2, 0.25) is 0 Å². The van der Waals surface area contributed by atoms with E-state index in [1.54, 1.807) is 29.2 Å². The molecule has 0 bridgehead atoms. The maximum Gasteiger partial charge on any atom is 0.251 e. The van der Waals surface area contributed by atoms with Gasteiger partial charge in [0.1, 0.15) is 5.82 Å². The first-order chi connectivity index (χ1) is 13.3. The minimum absolute atomic E-state index is 0.0325. The highest BCUT2D eigenvalue weighted by molar-refractivity contribution is 6.31. The van der Waals surface area contributed by atoms with Crippen molar-refractivity contribution in [2.45, 2.75) is 24.5 Å². The van der Waals surface area contributed by atoms with E-state index in [9.17, 15) is 14.3 Å². The molecule has 2 saturated carbocycles. The van der Waals surface area contributed by atoms with E-state index in [1.807, 2.05) is 0 Å². The van der Waals surface area contributed by atoms with Crippen LogP contribution in [0.1, 0.15) is 28.8 Å². The van der Waals surface area contributed by atoms with Gasteiger partial charge >= 0.3 is 0 Å². The van der Waals surface area contributed by atoms with E-state index in [1.165, 1.54) is 6.07 Å². The number of aromatic nitrogens is 2. The Balaban J connectivity index is 1.32. The molecule has 2 atom stereocenters. The Morgan fingerprint density at radius 1 is 1.21 bits per heavy atom. The largest absolute Gasteiger partial charge is 0.385 e. The van der Waals surface area contributed by atoms with Gasteiger partial charge < -0.3 is 14.8 Å². The predicted octanol–water partition coefficient (Wildman–Crippen LogP) is 3.81. The van der Waals surface area contributed by atoms with Crippen LogP contribution in [0.3, 0.4) is 0 Å². The summed E-state index contributed by atoms with van der Waals surface area (Å²) in [6.45, 7) is 0. The fraction of sp³-hybridized carbons (Fsp3) is 0.300. The SMILES string of the molecule is O=C(NC1C2CC(O)(c3cc(Cl)cn4cncc34)CC21)c1cc(F)cc(Cl)c1. The number of aliphatic hydroxyl groups is 1. The molecular weight excluding hydrogens is 404 g/mol. The molecule has 5 nitrogen and oxygen atoms in total. The lowest BCUT2D eigenvalue weighted by Crippen LogP contribution is -2.33. The number of benzene rings is 1. The maximum absolute atomic E-state index is 13.5. The van der Waals surface area contributed by atoms with Crippen LogP contribution in [0.2, 0.25) is 10.0 Å². The van der Waals surface area contributed by atoms with Gasteiger partial charge in [-0.25, -0.2) is 9.37 Å². The van der Waals surface area contributed by atoms with Gasteiger partial charge in [0.25, 0.3) is 5.91 Å². The molecule has 2 aromatic heterocycles. The van der Waals surface area contributed by atoms with Crippen molar-refractivity contribution in [2.75, 3.05) is 0 Å². The average molecular weight is 420 g/mol. The number of hydrogen-bond donors (Lipinski definition) is 2. The summed E-state index contributed by atoms with van der Waals surface area (Å²) in [7, 11) is 0. The number of imidazole rings is 1. The van der Waals surface area contributed by atoms with E-state index in [4.69, 9.17) is 23.2 Å². The number of pyridine rings is 1. The molecule has 2 heterocycles. The standard InChI is InChI=1S/C20H16Cl2FN3O2/c21-11-1-10(2-13(23)3-11)19(27)25-18-14-5-20(28,6-15(14)18)16-4-12(22)8-26-9-24-7-17(16)26/h1-4,7-9,14-15,18,28H,5-6H2,(H,25,27). The van der Waals surface area contributed by atoms with Gasteiger partial charge in [-0.2, -0.15) is 0 Å². The second-order valence-corrected chi connectivity index (χ2v) is 8.56. The number of hydrogen-bond acceptors (Lipinski definition) is 3. The highest BCUT2D eigenvalue weighted by Crippen LogP contribution is 2.60. The molecule has 0 radical (unpaired) electrons. The number of carbonyl (C=O) groups excluding carboxylic acids is 1. The van der Waals surface area contributed by atoms with Crippen LogP contribution in [0.15, 0.2) is 43.0 Å². The van der Waals surface area contributed by atoms with Gasteiger partial charge in [0.15, 0.2) is 0 Å². The molecular formula is C20H16Cl2FN3O2. The molecule has 1 aromatic carbocycles. The summed E-state index contributed by atoms with van der Waals surface area (Å²) in [6, 6.07) is 5.52. The Labute approximate surface area is 170 Å². The van der Waals surface area contributed by atoms with E-state index in [2.05, 4.69) is 10.3 Å². The third-order valence-electron chi connectivity index (χ3n) is 5.89. The molecule has 0 spiro atoms. The molecule has 2 fully saturated rings. The molecule has 8 heteroatoms. The molecule has 144 valence electrons.